The summed E-state index contributed by atoms with van der Waals surface area (Å²) in [6.07, 6.45) is 0.499. The van der Waals surface area contributed by atoms with Crippen LogP contribution in [0.4, 0.5) is 13.2 Å². The van der Waals surface area contributed by atoms with Gasteiger partial charge < -0.3 is 14.4 Å². The normalized spacial score (nSPS) is 17.2. The van der Waals surface area contributed by atoms with E-state index < -0.39 is 11.7 Å². The molecule has 138 valence electrons. The molecule has 1 aliphatic rings. The molecule has 1 saturated heterocycles. The molecule has 2 aromatic rings. The van der Waals surface area contributed by atoms with Crippen molar-refractivity contribution < 1.29 is 27.4 Å². The first-order chi connectivity index (χ1) is 12.4. The molecule has 1 aromatic heterocycles. The number of carbonyl (C=O) groups excluding carboxylic acids is 1. The van der Waals surface area contributed by atoms with E-state index in [1.807, 2.05) is 0 Å². The van der Waals surface area contributed by atoms with E-state index in [1.54, 1.807) is 4.90 Å². The molecule has 0 aliphatic carbocycles. The molecular formula is C17H16F3N3O3. The third kappa shape index (κ3) is 4.62. The van der Waals surface area contributed by atoms with Gasteiger partial charge in [-0.15, -0.1) is 0 Å². The zero-order valence-corrected chi connectivity index (χ0v) is 13.6. The number of halogens is 3. The van der Waals surface area contributed by atoms with Crippen LogP contribution in [-0.2, 0) is 11.0 Å². The Morgan fingerprint density at radius 2 is 2.15 bits per heavy atom. The molecule has 26 heavy (non-hydrogen) atoms. The predicted molar refractivity (Wildman–Crippen MR) is 84.6 cm³/mol. The molecule has 0 spiro atoms. The first-order valence-corrected chi connectivity index (χ1v) is 7.92. The lowest BCUT2D eigenvalue weighted by Gasteiger charge is -2.17. The lowest BCUT2D eigenvalue weighted by molar-refractivity contribution is -0.137. The fraction of sp³-hybridized carbons (Fsp3) is 0.353. The van der Waals surface area contributed by atoms with Crippen LogP contribution in [0.15, 0.2) is 42.9 Å². The van der Waals surface area contributed by atoms with Gasteiger partial charge >= 0.3 is 6.18 Å². The predicted octanol–water partition coefficient (Wildman–Crippen LogP) is 2.55. The van der Waals surface area contributed by atoms with E-state index in [-0.39, 0.29) is 24.4 Å². The highest BCUT2D eigenvalue weighted by Crippen LogP contribution is 2.31. The van der Waals surface area contributed by atoms with E-state index in [1.165, 1.54) is 30.7 Å². The Balaban J connectivity index is 1.50. The van der Waals surface area contributed by atoms with E-state index in [9.17, 15) is 18.0 Å². The minimum Gasteiger partial charge on any atom is -0.484 e. The smallest absolute Gasteiger partial charge is 0.416 e. The van der Waals surface area contributed by atoms with E-state index in [0.29, 0.717) is 25.4 Å². The molecule has 6 nitrogen and oxygen atoms in total. The quantitative estimate of drug-likeness (QED) is 0.813. The lowest BCUT2D eigenvalue weighted by Crippen LogP contribution is -2.34. The van der Waals surface area contributed by atoms with Crippen LogP contribution in [0.1, 0.15) is 12.0 Å². The van der Waals surface area contributed by atoms with Crippen molar-refractivity contribution in [3.05, 3.63) is 48.4 Å². The van der Waals surface area contributed by atoms with Crippen molar-refractivity contribution in [2.45, 2.75) is 18.7 Å². The van der Waals surface area contributed by atoms with Gasteiger partial charge in [0.25, 0.3) is 5.91 Å². The zero-order chi connectivity index (χ0) is 18.6. The van der Waals surface area contributed by atoms with Crippen molar-refractivity contribution in [2.24, 2.45) is 0 Å². The number of amides is 1. The van der Waals surface area contributed by atoms with Crippen LogP contribution in [0.3, 0.4) is 0 Å². The second kappa shape index (κ2) is 7.59. The molecule has 2 heterocycles. The highest BCUT2D eigenvalue weighted by molar-refractivity contribution is 5.78. The summed E-state index contributed by atoms with van der Waals surface area (Å²) < 4.78 is 48.9. The van der Waals surface area contributed by atoms with Crippen molar-refractivity contribution in [2.75, 3.05) is 19.7 Å². The van der Waals surface area contributed by atoms with E-state index in [0.717, 1.165) is 12.1 Å². The van der Waals surface area contributed by atoms with Crippen LogP contribution >= 0.6 is 0 Å². The fourth-order valence-corrected chi connectivity index (χ4v) is 2.57. The summed E-state index contributed by atoms with van der Waals surface area (Å²) in [7, 11) is 0. The topological polar surface area (TPSA) is 64.5 Å². The lowest BCUT2D eigenvalue weighted by atomic mass is 10.2. The summed E-state index contributed by atoms with van der Waals surface area (Å²) in [5.41, 5.74) is -0.818. The molecule has 1 unspecified atom stereocenters. The highest BCUT2D eigenvalue weighted by atomic mass is 19.4. The molecule has 1 atom stereocenters. The van der Waals surface area contributed by atoms with Crippen LogP contribution < -0.4 is 9.47 Å². The molecule has 9 heteroatoms. The zero-order valence-electron chi connectivity index (χ0n) is 13.6. The number of hydrogen-bond donors (Lipinski definition) is 0. The largest absolute Gasteiger partial charge is 0.484 e. The number of hydrogen-bond acceptors (Lipinski definition) is 5. The van der Waals surface area contributed by atoms with Gasteiger partial charge in [0.05, 0.1) is 18.3 Å². The SMILES string of the molecule is O=C(COc1cccc(C(F)(F)F)c1)N1CCC(Oc2cnccn2)C1. The summed E-state index contributed by atoms with van der Waals surface area (Å²) in [5, 5.41) is 0. The average molecular weight is 367 g/mol. The van der Waals surface area contributed by atoms with Crippen LogP contribution in [0.5, 0.6) is 11.6 Å². The molecule has 1 fully saturated rings. The van der Waals surface area contributed by atoms with Crippen molar-refractivity contribution in [1.29, 1.82) is 0 Å². The number of carbonyl (C=O) groups is 1. The molecule has 1 aliphatic heterocycles. The van der Waals surface area contributed by atoms with Crippen molar-refractivity contribution in [3.63, 3.8) is 0 Å². The summed E-state index contributed by atoms with van der Waals surface area (Å²) in [6.45, 7) is 0.510. The number of rotatable bonds is 5. The van der Waals surface area contributed by atoms with Gasteiger partial charge in [-0.1, -0.05) is 6.07 Å². The maximum Gasteiger partial charge on any atom is 0.416 e. The minimum atomic E-state index is -4.46. The van der Waals surface area contributed by atoms with E-state index in [2.05, 4.69) is 9.97 Å². The first kappa shape index (κ1) is 18.0. The Morgan fingerprint density at radius 3 is 2.88 bits per heavy atom. The Labute approximate surface area is 147 Å². The molecule has 1 amide bonds. The van der Waals surface area contributed by atoms with Gasteiger partial charge in [-0.05, 0) is 18.2 Å². The number of benzene rings is 1. The van der Waals surface area contributed by atoms with Crippen LogP contribution in [0.2, 0.25) is 0 Å². The summed E-state index contributed by atoms with van der Waals surface area (Å²) in [5.74, 6) is 0.0689. The van der Waals surface area contributed by atoms with Crippen molar-refractivity contribution in [1.82, 2.24) is 14.9 Å². The Bertz CT molecular complexity index is 756. The molecular weight excluding hydrogens is 351 g/mol. The van der Waals surface area contributed by atoms with Crippen LogP contribution in [-0.4, -0.2) is 46.6 Å². The number of aromatic nitrogens is 2. The Kier molecular flexibility index (Phi) is 5.24. The number of likely N-dealkylation sites (tertiary alicyclic amines) is 1. The number of nitrogens with zero attached hydrogens (tertiary/aromatic N) is 3. The number of ether oxygens (including phenoxy) is 2. The van der Waals surface area contributed by atoms with Gasteiger partial charge in [-0.25, -0.2) is 4.98 Å². The van der Waals surface area contributed by atoms with Gasteiger partial charge in [0.1, 0.15) is 11.9 Å². The molecule has 0 radical (unpaired) electrons. The third-order valence-corrected chi connectivity index (χ3v) is 3.85. The molecule has 0 bridgehead atoms. The molecule has 1 aromatic carbocycles. The first-order valence-electron chi connectivity index (χ1n) is 7.92. The second-order valence-corrected chi connectivity index (χ2v) is 5.73. The van der Waals surface area contributed by atoms with E-state index >= 15 is 0 Å². The summed E-state index contributed by atoms with van der Waals surface area (Å²) in [4.78, 5) is 21.7. The van der Waals surface area contributed by atoms with Gasteiger partial charge in [-0.3, -0.25) is 9.78 Å². The molecule has 0 saturated carbocycles. The summed E-state index contributed by atoms with van der Waals surface area (Å²) >= 11 is 0. The van der Waals surface area contributed by atoms with Crippen molar-refractivity contribution >= 4 is 5.91 Å². The van der Waals surface area contributed by atoms with Gasteiger partial charge in [-0.2, -0.15) is 13.2 Å². The van der Waals surface area contributed by atoms with Crippen LogP contribution in [0.25, 0.3) is 0 Å². The average Bonchev–Trinajstić information content (AvgIpc) is 3.09. The maximum atomic E-state index is 12.7. The molecule has 3 rings (SSSR count). The van der Waals surface area contributed by atoms with E-state index in [4.69, 9.17) is 9.47 Å². The second-order valence-electron chi connectivity index (χ2n) is 5.73. The molecule has 0 N–H and O–H groups in total. The van der Waals surface area contributed by atoms with Gasteiger partial charge in [0, 0.05) is 25.4 Å². The Morgan fingerprint density at radius 1 is 1.31 bits per heavy atom. The van der Waals surface area contributed by atoms with Gasteiger partial charge in [0.2, 0.25) is 5.88 Å². The van der Waals surface area contributed by atoms with Gasteiger partial charge in [0.15, 0.2) is 6.61 Å². The summed E-state index contributed by atoms with van der Waals surface area (Å²) in [6, 6.07) is 4.44. The monoisotopic (exact) mass is 367 g/mol. The highest BCUT2D eigenvalue weighted by Gasteiger charge is 2.31. The fourth-order valence-electron chi connectivity index (χ4n) is 2.57. The maximum absolute atomic E-state index is 12.7. The van der Waals surface area contributed by atoms with Crippen LogP contribution in [0, 0.1) is 0 Å². The minimum absolute atomic E-state index is 0.000248. The standard InChI is InChI=1S/C17H16F3N3O3/c18-17(19,20)12-2-1-3-13(8-12)25-11-16(24)23-7-4-14(10-23)26-15-9-21-5-6-22-15/h1-3,5-6,8-9,14H,4,7,10-11H2. The Hall–Kier alpha value is -2.84. The van der Waals surface area contributed by atoms with Crippen molar-refractivity contribution in [3.8, 4) is 11.6 Å². The third-order valence-electron chi connectivity index (χ3n) is 3.85. The number of alkyl halides is 3.